The summed E-state index contributed by atoms with van der Waals surface area (Å²) in [5.41, 5.74) is 2.04. The van der Waals surface area contributed by atoms with Crippen LogP contribution < -0.4 is 9.47 Å². The van der Waals surface area contributed by atoms with Gasteiger partial charge in [0.25, 0.3) is 11.7 Å². The number of ether oxygens (including phenoxy) is 2. The second kappa shape index (κ2) is 11.4. The van der Waals surface area contributed by atoms with Crippen molar-refractivity contribution in [2.75, 3.05) is 33.8 Å². The van der Waals surface area contributed by atoms with Crippen molar-refractivity contribution in [3.8, 4) is 11.5 Å². The van der Waals surface area contributed by atoms with Crippen LogP contribution in [0.1, 0.15) is 49.9 Å². The van der Waals surface area contributed by atoms with E-state index in [0.29, 0.717) is 42.2 Å². The Morgan fingerprint density at radius 2 is 1.83 bits per heavy atom. The summed E-state index contributed by atoms with van der Waals surface area (Å²) < 4.78 is 11.6. The van der Waals surface area contributed by atoms with E-state index in [1.54, 1.807) is 23.1 Å². The van der Waals surface area contributed by atoms with Crippen molar-refractivity contribution in [1.82, 2.24) is 9.80 Å². The lowest BCUT2D eigenvalue weighted by molar-refractivity contribution is -0.140. The minimum Gasteiger partial charge on any atom is -0.507 e. The van der Waals surface area contributed by atoms with Crippen LogP contribution in [0.2, 0.25) is 0 Å². The smallest absolute Gasteiger partial charge is 0.295 e. The molecule has 1 aliphatic heterocycles. The minimum absolute atomic E-state index is 0.00991. The molecule has 0 aromatic heterocycles. The van der Waals surface area contributed by atoms with Gasteiger partial charge in [0.2, 0.25) is 0 Å². The van der Waals surface area contributed by atoms with Crippen molar-refractivity contribution < 1.29 is 24.2 Å². The Morgan fingerprint density at radius 1 is 1.11 bits per heavy atom. The molecule has 7 heteroatoms. The van der Waals surface area contributed by atoms with Crippen LogP contribution in [0.3, 0.4) is 0 Å². The van der Waals surface area contributed by atoms with Crippen molar-refractivity contribution in [3.05, 3.63) is 64.7 Å². The molecule has 2 aromatic rings. The molecule has 35 heavy (non-hydrogen) atoms. The highest BCUT2D eigenvalue weighted by Gasteiger charge is 2.46. The van der Waals surface area contributed by atoms with E-state index in [-0.39, 0.29) is 17.4 Å². The van der Waals surface area contributed by atoms with Gasteiger partial charge in [-0.3, -0.25) is 9.59 Å². The number of rotatable bonds is 10. The number of carbonyl (C=O) groups excluding carboxylic acids is 2. The van der Waals surface area contributed by atoms with Gasteiger partial charge in [-0.05, 0) is 84.6 Å². The third-order valence-corrected chi connectivity index (χ3v) is 5.87. The number of hydrogen-bond donors (Lipinski definition) is 1. The Kier molecular flexibility index (Phi) is 8.57. The highest BCUT2D eigenvalue weighted by Crippen LogP contribution is 2.43. The standard InChI is InChI=1S/C28H36N2O5/c1-7-34-23-12-9-8-11-21(23)25-24(27(32)28(33)30(25)16-10-15-29(5)6)26(31)20-13-14-22(19(4)17-20)35-18(2)3/h8-9,11-14,17-18,25,31H,7,10,15-16H2,1-6H3/b26-24-. The van der Waals surface area contributed by atoms with Crippen LogP contribution >= 0.6 is 0 Å². The number of aryl methyl sites for hydroxylation is 1. The van der Waals surface area contributed by atoms with Gasteiger partial charge in [-0.25, -0.2) is 0 Å². The average molecular weight is 481 g/mol. The van der Waals surface area contributed by atoms with E-state index < -0.39 is 17.7 Å². The molecule has 3 rings (SSSR count). The van der Waals surface area contributed by atoms with E-state index in [1.165, 1.54) is 0 Å². The van der Waals surface area contributed by atoms with E-state index in [0.717, 1.165) is 12.1 Å². The number of carbonyl (C=O) groups is 2. The molecule has 1 fully saturated rings. The van der Waals surface area contributed by atoms with Gasteiger partial charge >= 0.3 is 0 Å². The first kappa shape index (κ1) is 26.3. The number of likely N-dealkylation sites (tertiary alicyclic amines) is 1. The van der Waals surface area contributed by atoms with Gasteiger partial charge in [0.15, 0.2) is 0 Å². The molecule has 1 unspecified atom stereocenters. The summed E-state index contributed by atoms with van der Waals surface area (Å²) in [6, 6.07) is 11.9. The Labute approximate surface area is 207 Å². The fraction of sp³-hybridized carbons (Fsp3) is 0.429. The van der Waals surface area contributed by atoms with E-state index in [1.807, 2.05) is 71.0 Å². The number of ketones is 1. The Hall–Kier alpha value is -3.32. The molecule has 7 nitrogen and oxygen atoms in total. The van der Waals surface area contributed by atoms with Crippen LogP contribution in [0, 0.1) is 6.92 Å². The van der Waals surface area contributed by atoms with E-state index in [9.17, 15) is 14.7 Å². The number of Topliss-reactive ketones (excluding diaryl/α,β-unsaturated/α-hetero) is 1. The third kappa shape index (κ3) is 5.85. The number of benzene rings is 2. The van der Waals surface area contributed by atoms with Gasteiger partial charge < -0.3 is 24.4 Å². The second-order valence-electron chi connectivity index (χ2n) is 9.27. The molecule has 1 amide bonds. The van der Waals surface area contributed by atoms with Gasteiger partial charge in [-0.2, -0.15) is 0 Å². The topological polar surface area (TPSA) is 79.3 Å². The molecular weight excluding hydrogens is 444 g/mol. The zero-order valence-corrected chi connectivity index (χ0v) is 21.5. The first-order chi connectivity index (χ1) is 16.6. The molecular formula is C28H36N2O5. The highest BCUT2D eigenvalue weighted by atomic mass is 16.5. The lowest BCUT2D eigenvalue weighted by Gasteiger charge is -2.27. The van der Waals surface area contributed by atoms with Crippen molar-refractivity contribution >= 4 is 17.4 Å². The summed E-state index contributed by atoms with van der Waals surface area (Å²) >= 11 is 0. The second-order valence-corrected chi connectivity index (χ2v) is 9.27. The van der Waals surface area contributed by atoms with E-state index in [4.69, 9.17) is 9.47 Å². The van der Waals surface area contributed by atoms with Crippen LogP contribution in [0.15, 0.2) is 48.0 Å². The maximum atomic E-state index is 13.3. The molecule has 0 saturated carbocycles. The van der Waals surface area contributed by atoms with Crippen molar-refractivity contribution in [2.45, 2.75) is 46.3 Å². The van der Waals surface area contributed by atoms with Crippen LogP contribution in [-0.2, 0) is 9.59 Å². The van der Waals surface area contributed by atoms with Gasteiger partial charge in [0.1, 0.15) is 17.3 Å². The molecule has 188 valence electrons. The van der Waals surface area contributed by atoms with E-state index >= 15 is 0 Å². The van der Waals surface area contributed by atoms with Crippen LogP contribution in [0.4, 0.5) is 0 Å². The van der Waals surface area contributed by atoms with Gasteiger partial charge in [0.05, 0.1) is 24.3 Å². The maximum absolute atomic E-state index is 13.3. The predicted molar refractivity (Wildman–Crippen MR) is 137 cm³/mol. The largest absolute Gasteiger partial charge is 0.507 e. The average Bonchev–Trinajstić information content (AvgIpc) is 3.05. The molecule has 1 saturated heterocycles. The molecule has 1 aliphatic rings. The summed E-state index contributed by atoms with van der Waals surface area (Å²) in [6.07, 6.45) is 0.698. The number of aliphatic hydroxyl groups excluding tert-OH is 1. The first-order valence-corrected chi connectivity index (χ1v) is 12.1. The first-order valence-electron chi connectivity index (χ1n) is 12.1. The Morgan fingerprint density at radius 3 is 2.46 bits per heavy atom. The molecule has 0 aliphatic carbocycles. The van der Waals surface area contributed by atoms with Gasteiger partial charge in [-0.1, -0.05) is 18.2 Å². The van der Waals surface area contributed by atoms with Crippen LogP contribution in [0.5, 0.6) is 11.5 Å². The summed E-state index contributed by atoms with van der Waals surface area (Å²) in [5, 5.41) is 11.4. The van der Waals surface area contributed by atoms with Crippen molar-refractivity contribution in [2.24, 2.45) is 0 Å². The lowest BCUT2D eigenvalue weighted by Crippen LogP contribution is -2.32. The molecule has 1 N–H and O–H groups in total. The number of nitrogens with zero attached hydrogens (tertiary/aromatic N) is 2. The summed E-state index contributed by atoms with van der Waals surface area (Å²) in [5.74, 6) is -0.211. The lowest BCUT2D eigenvalue weighted by atomic mass is 9.94. The SMILES string of the molecule is CCOc1ccccc1C1/C(=C(/O)c2ccc(OC(C)C)c(C)c2)C(=O)C(=O)N1CCCN(C)C. The molecule has 0 bridgehead atoms. The van der Waals surface area contributed by atoms with E-state index in [2.05, 4.69) is 0 Å². The quantitative estimate of drug-likeness (QED) is 0.305. The summed E-state index contributed by atoms with van der Waals surface area (Å²) in [7, 11) is 3.93. The number of para-hydroxylation sites is 1. The molecule has 2 aromatic carbocycles. The normalized spacial score (nSPS) is 17.5. The molecule has 1 heterocycles. The van der Waals surface area contributed by atoms with Crippen molar-refractivity contribution in [3.63, 3.8) is 0 Å². The Bertz CT molecular complexity index is 1110. The highest BCUT2D eigenvalue weighted by molar-refractivity contribution is 6.46. The fourth-order valence-electron chi connectivity index (χ4n) is 4.32. The zero-order valence-electron chi connectivity index (χ0n) is 21.5. The number of aliphatic hydroxyl groups is 1. The molecule has 1 atom stereocenters. The maximum Gasteiger partial charge on any atom is 0.295 e. The van der Waals surface area contributed by atoms with Gasteiger partial charge in [-0.15, -0.1) is 0 Å². The molecule has 0 spiro atoms. The fourth-order valence-corrected chi connectivity index (χ4v) is 4.32. The van der Waals surface area contributed by atoms with Crippen LogP contribution in [-0.4, -0.2) is 66.5 Å². The number of amides is 1. The van der Waals surface area contributed by atoms with Crippen LogP contribution in [0.25, 0.3) is 5.76 Å². The minimum atomic E-state index is -0.744. The Balaban J connectivity index is 2.13. The number of hydrogen-bond acceptors (Lipinski definition) is 6. The summed E-state index contributed by atoms with van der Waals surface area (Å²) in [4.78, 5) is 30.1. The third-order valence-electron chi connectivity index (χ3n) is 5.87. The zero-order chi connectivity index (χ0) is 25.7. The van der Waals surface area contributed by atoms with Gasteiger partial charge in [0, 0.05) is 17.7 Å². The monoisotopic (exact) mass is 480 g/mol. The summed E-state index contributed by atoms with van der Waals surface area (Å²) in [6.45, 7) is 9.24. The predicted octanol–water partition coefficient (Wildman–Crippen LogP) is 4.55. The molecule has 0 radical (unpaired) electrons. The van der Waals surface area contributed by atoms with Crippen molar-refractivity contribution in [1.29, 1.82) is 0 Å².